The van der Waals surface area contributed by atoms with Crippen molar-refractivity contribution in [1.82, 2.24) is 4.90 Å². The van der Waals surface area contributed by atoms with E-state index in [9.17, 15) is 14.4 Å². The van der Waals surface area contributed by atoms with Gasteiger partial charge < -0.3 is 15.0 Å². The number of amides is 2. The number of para-hydroxylation sites is 1. The van der Waals surface area contributed by atoms with Crippen LogP contribution in [0.3, 0.4) is 0 Å². The van der Waals surface area contributed by atoms with Gasteiger partial charge in [-0.1, -0.05) is 38.8 Å². The highest BCUT2D eigenvalue weighted by Crippen LogP contribution is 2.36. The van der Waals surface area contributed by atoms with Gasteiger partial charge in [0.05, 0.1) is 11.6 Å². The molecule has 1 saturated carbocycles. The first kappa shape index (κ1) is 21.7. The van der Waals surface area contributed by atoms with Crippen LogP contribution in [0, 0.1) is 17.8 Å². The third kappa shape index (κ3) is 5.13. The second kappa shape index (κ2) is 9.65. The normalized spacial score (nSPS) is 27.0. The number of esters is 1. The summed E-state index contributed by atoms with van der Waals surface area (Å²) < 4.78 is 5.23. The van der Waals surface area contributed by atoms with Gasteiger partial charge in [0.2, 0.25) is 5.91 Å². The minimum atomic E-state index is -0.488. The molecule has 0 spiro atoms. The van der Waals surface area contributed by atoms with Crippen LogP contribution >= 0.6 is 11.8 Å². The lowest BCUT2D eigenvalue weighted by Gasteiger charge is -2.39. The molecule has 7 heteroatoms. The van der Waals surface area contributed by atoms with Gasteiger partial charge in [0, 0.05) is 23.9 Å². The summed E-state index contributed by atoms with van der Waals surface area (Å²) >= 11 is 1.53. The third-order valence-electron chi connectivity index (χ3n) is 6.28. The highest BCUT2D eigenvalue weighted by Gasteiger charge is 2.42. The standard InChI is InChI=1S/C22H30N2O4S/c1-14-7-6-9-18(15(14)2)24-12-16(11-21(24)26)22(27)28-13-20(25)23-17-8-4-5-10-19(17)29-3/h4-5,8,10,14-16,18H,6-7,9,11-13H2,1-3H3,(H,23,25)/t14-,15-,16-,18+/m1/s1. The summed E-state index contributed by atoms with van der Waals surface area (Å²) in [6, 6.07) is 7.67. The predicted molar refractivity (Wildman–Crippen MR) is 114 cm³/mol. The molecule has 4 atom stereocenters. The molecular weight excluding hydrogens is 388 g/mol. The number of ether oxygens (including phenoxy) is 1. The summed E-state index contributed by atoms with van der Waals surface area (Å²) in [5, 5.41) is 2.77. The number of benzene rings is 1. The quantitative estimate of drug-likeness (QED) is 0.565. The van der Waals surface area contributed by atoms with Crippen LogP contribution in [0.25, 0.3) is 0 Å². The number of carbonyl (C=O) groups excluding carboxylic acids is 3. The average Bonchev–Trinajstić information content (AvgIpc) is 3.10. The Morgan fingerprint density at radius 2 is 2.00 bits per heavy atom. The fourth-order valence-electron chi connectivity index (χ4n) is 4.39. The number of nitrogens with one attached hydrogen (secondary N) is 1. The number of nitrogens with zero attached hydrogens (tertiary/aromatic N) is 1. The molecule has 1 aromatic rings. The number of thioether (sulfide) groups is 1. The van der Waals surface area contributed by atoms with Gasteiger partial charge in [-0.15, -0.1) is 11.8 Å². The van der Waals surface area contributed by atoms with Crippen LogP contribution < -0.4 is 5.32 Å². The van der Waals surface area contributed by atoms with Gasteiger partial charge in [-0.3, -0.25) is 14.4 Å². The third-order valence-corrected chi connectivity index (χ3v) is 7.08. The number of anilines is 1. The van der Waals surface area contributed by atoms with E-state index in [4.69, 9.17) is 4.74 Å². The Balaban J connectivity index is 1.51. The minimum Gasteiger partial charge on any atom is -0.455 e. The number of carbonyl (C=O) groups is 3. The molecule has 3 rings (SSSR count). The van der Waals surface area contributed by atoms with E-state index in [1.54, 1.807) is 0 Å². The molecule has 1 N–H and O–H groups in total. The van der Waals surface area contributed by atoms with E-state index in [1.165, 1.54) is 18.2 Å². The van der Waals surface area contributed by atoms with Crippen LogP contribution in [0.15, 0.2) is 29.2 Å². The smallest absolute Gasteiger partial charge is 0.311 e. The van der Waals surface area contributed by atoms with Crippen molar-refractivity contribution in [3.63, 3.8) is 0 Å². The number of hydrogen-bond acceptors (Lipinski definition) is 5. The molecule has 1 saturated heterocycles. The molecule has 2 amide bonds. The molecule has 1 aromatic carbocycles. The lowest BCUT2D eigenvalue weighted by atomic mass is 9.77. The van der Waals surface area contributed by atoms with Crippen LogP contribution in [-0.2, 0) is 19.1 Å². The summed E-state index contributed by atoms with van der Waals surface area (Å²) in [6.07, 6.45) is 5.41. The van der Waals surface area contributed by atoms with Crippen LogP contribution in [0.5, 0.6) is 0 Å². The maximum Gasteiger partial charge on any atom is 0.311 e. The fourth-order valence-corrected chi connectivity index (χ4v) is 4.95. The Labute approximate surface area is 176 Å². The van der Waals surface area contributed by atoms with Crippen LogP contribution in [0.2, 0.25) is 0 Å². The van der Waals surface area contributed by atoms with Gasteiger partial charge in [-0.2, -0.15) is 0 Å². The monoisotopic (exact) mass is 418 g/mol. The summed E-state index contributed by atoms with van der Waals surface area (Å²) in [5.41, 5.74) is 0.698. The van der Waals surface area contributed by atoms with E-state index in [2.05, 4.69) is 19.2 Å². The molecule has 1 aliphatic carbocycles. The summed E-state index contributed by atoms with van der Waals surface area (Å²) in [6.45, 7) is 4.49. The van der Waals surface area contributed by atoms with E-state index in [1.807, 2.05) is 35.4 Å². The average molecular weight is 419 g/mol. The highest BCUT2D eigenvalue weighted by atomic mass is 32.2. The van der Waals surface area contributed by atoms with Gasteiger partial charge in [-0.05, 0) is 36.6 Å². The van der Waals surface area contributed by atoms with E-state index in [-0.39, 0.29) is 30.9 Å². The van der Waals surface area contributed by atoms with Gasteiger partial charge in [0.15, 0.2) is 6.61 Å². The largest absolute Gasteiger partial charge is 0.455 e. The first-order valence-electron chi connectivity index (χ1n) is 10.3. The maximum absolute atomic E-state index is 12.5. The van der Waals surface area contributed by atoms with Crippen molar-refractivity contribution < 1.29 is 19.1 Å². The topological polar surface area (TPSA) is 75.7 Å². The molecule has 0 bridgehead atoms. The van der Waals surface area contributed by atoms with Crippen LogP contribution in [-0.4, -0.2) is 48.1 Å². The summed E-state index contributed by atoms with van der Waals surface area (Å²) in [4.78, 5) is 40.0. The minimum absolute atomic E-state index is 0.0243. The molecule has 1 heterocycles. The van der Waals surface area contributed by atoms with Crippen molar-refractivity contribution in [2.75, 3.05) is 24.7 Å². The van der Waals surface area contributed by atoms with E-state index >= 15 is 0 Å². The molecule has 1 aliphatic heterocycles. The Morgan fingerprint density at radius 3 is 2.76 bits per heavy atom. The van der Waals surface area contributed by atoms with Crippen molar-refractivity contribution in [1.29, 1.82) is 0 Å². The lowest BCUT2D eigenvalue weighted by molar-refractivity contribution is -0.151. The Morgan fingerprint density at radius 1 is 1.24 bits per heavy atom. The van der Waals surface area contributed by atoms with Gasteiger partial charge in [0.1, 0.15) is 0 Å². The van der Waals surface area contributed by atoms with Crippen molar-refractivity contribution in [3.8, 4) is 0 Å². The van der Waals surface area contributed by atoms with E-state index in [0.717, 1.165) is 17.7 Å². The van der Waals surface area contributed by atoms with Gasteiger partial charge in [0.25, 0.3) is 5.91 Å². The van der Waals surface area contributed by atoms with Crippen LogP contribution in [0.1, 0.15) is 39.5 Å². The Hall–Kier alpha value is -2.02. The second-order valence-electron chi connectivity index (χ2n) is 8.14. The number of rotatable bonds is 6. The lowest BCUT2D eigenvalue weighted by Crippen LogP contribution is -2.45. The van der Waals surface area contributed by atoms with Crippen LogP contribution in [0.4, 0.5) is 5.69 Å². The molecule has 29 heavy (non-hydrogen) atoms. The molecule has 2 fully saturated rings. The zero-order chi connectivity index (χ0) is 21.0. The van der Waals surface area contributed by atoms with E-state index < -0.39 is 11.9 Å². The fraction of sp³-hybridized carbons (Fsp3) is 0.591. The molecule has 6 nitrogen and oxygen atoms in total. The summed E-state index contributed by atoms with van der Waals surface area (Å²) in [7, 11) is 0. The van der Waals surface area contributed by atoms with E-state index in [0.29, 0.717) is 24.1 Å². The SMILES string of the molecule is CSc1ccccc1NC(=O)COC(=O)[C@@H]1CC(=O)N([C@H]2CCC[C@@H](C)[C@H]2C)C1. The maximum atomic E-state index is 12.5. The van der Waals surface area contributed by atoms with Gasteiger partial charge in [-0.25, -0.2) is 0 Å². The first-order valence-corrected chi connectivity index (χ1v) is 11.5. The van der Waals surface area contributed by atoms with Gasteiger partial charge >= 0.3 is 5.97 Å². The van der Waals surface area contributed by atoms with Crippen molar-refractivity contribution in [3.05, 3.63) is 24.3 Å². The first-order chi connectivity index (χ1) is 13.9. The Kier molecular flexibility index (Phi) is 7.22. The zero-order valence-electron chi connectivity index (χ0n) is 17.3. The molecule has 158 valence electrons. The number of likely N-dealkylation sites (tertiary alicyclic amines) is 1. The van der Waals surface area contributed by atoms with Crippen molar-refractivity contribution in [2.45, 2.75) is 50.5 Å². The zero-order valence-corrected chi connectivity index (χ0v) is 18.2. The number of hydrogen-bond donors (Lipinski definition) is 1. The highest BCUT2D eigenvalue weighted by molar-refractivity contribution is 7.98. The predicted octanol–water partition coefficient (Wildman–Crippen LogP) is 3.56. The molecule has 0 unspecified atom stereocenters. The molecular formula is C22H30N2O4S. The molecule has 0 radical (unpaired) electrons. The summed E-state index contributed by atoms with van der Waals surface area (Å²) in [5.74, 6) is -0.291. The Bertz CT molecular complexity index is 769. The van der Waals surface area contributed by atoms with Crippen molar-refractivity contribution >= 4 is 35.2 Å². The molecule has 0 aromatic heterocycles. The van der Waals surface area contributed by atoms with Crippen molar-refractivity contribution in [2.24, 2.45) is 17.8 Å². The molecule has 2 aliphatic rings. The second-order valence-corrected chi connectivity index (χ2v) is 8.99.